The van der Waals surface area contributed by atoms with Crippen molar-refractivity contribution in [3.8, 4) is 0 Å². The predicted molar refractivity (Wildman–Crippen MR) is 58.1 cm³/mol. The van der Waals surface area contributed by atoms with E-state index in [-0.39, 0.29) is 0 Å². The van der Waals surface area contributed by atoms with Crippen LogP contribution in [0.4, 0.5) is 0 Å². The third-order valence-corrected chi connectivity index (χ3v) is 3.56. The largest absolute Gasteiger partial charge is 0.302 e. The Balaban J connectivity index is 2.25. The Hall–Kier alpha value is -0.470. The van der Waals surface area contributed by atoms with E-state index >= 15 is 0 Å². The molecule has 13 heavy (non-hydrogen) atoms. The molecule has 70 valence electrons. The van der Waals surface area contributed by atoms with E-state index in [4.69, 9.17) is 0 Å². The SMILES string of the molecule is CN1CCCSc2ccccc2C1. The molecule has 0 aliphatic carbocycles. The molecule has 1 aliphatic rings. The highest BCUT2D eigenvalue weighted by Gasteiger charge is 2.08. The van der Waals surface area contributed by atoms with Gasteiger partial charge in [-0.1, -0.05) is 18.2 Å². The zero-order valence-corrected chi connectivity index (χ0v) is 8.81. The Bertz CT molecular complexity index is 285. The highest BCUT2D eigenvalue weighted by atomic mass is 32.2. The summed E-state index contributed by atoms with van der Waals surface area (Å²) in [6.07, 6.45) is 1.30. The van der Waals surface area contributed by atoms with Crippen molar-refractivity contribution in [3.05, 3.63) is 29.8 Å². The average molecular weight is 193 g/mol. The van der Waals surface area contributed by atoms with Gasteiger partial charge in [0.05, 0.1) is 0 Å². The van der Waals surface area contributed by atoms with Crippen LogP contribution in [-0.4, -0.2) is 24.2 Å². The summed E-state index contributed by atoms with van der Waals surface area (Å²) in [7, 11) is 2.20. The lowest BCUT2D eigenvalue weighted by Gasteiger charge is -2.21. The third kappa shape index (κ3) is 2.26. The standard InChI is InChI=1S/C11H15NS/c1-12-7-4-8-13-11-6-3-2-5-10(11)9-12/h2-3,5-6H,4,7-9H2,1H3. The number of rotatable bonds is 0. The van der Waals surface area contributed by atoms with Crippen molar-refractivity contribution in [2.45, 2.75) is 17.9 Å². The molecule has 1 nitrogen and oxygen atoms in total. The fourth-order valence-electron chi connectivity index (χ4n) is 1.66. The summed E-state index contributed by atoms with van der Waals surface area (Å²) in [6.45, 7) is 2.32. The smallest absolute Gasteiger partial charge is 0.0241 e. The van der Waals surface area contributed by atoms with Gasteiger partial charge in [-0.25, -0.2) is 0 Å². The number of nitrogens with zero attached hydrogens (tertiary/aromatic N) is 1. The molecule has 0 radical (unpaired) electrons. The minimum atomic E-state index is 1.10. The van der Waals surface area contributed by atoms with Crippen LogP contribution in [0, 0.1) is 0 Å². The summed E-state index contributed by atoms with van der Waals surface area (Å²) in [6, 6.07) is 8.74. The van der Waals surface area contributed by atoms with Crippen LogP contribution in [-0.2, 0) is 6.54 Å². The second-order valence-electron chi connectivity index (χ2n) is 3.55. The Labute approximate surface area is 84.1 Å². The predicted octanol–water partition coefficient (Wildman–Crippen LogP) is 2.61. The Kier molecular flexibility index (Phi) is 2.91. The van der Waals surface area contributed by atoms with Crippen LogP contribution >= 0.6 is 11.8 Å². The molecule has 2 rings (SSSR count). The molecule has 2 heteroatoms. The van der Waals surface area contributed by atoms with E-state index < -0.39 is 0 Å². The summed E-state index contributed by atoms with van der Waals surface area (Å²) in [5, 5.41) is 0. The van der Waals surface area contributed by atoms with Crippen molar-refractivity contribution in [2.75, 3.05) is 19.3 Å². The highest BCUT2D eigenvalue weighted by molar-refractivity contribution is 7.99. The molecule has 0 atom stereocenters. The van der Waals surface area contributed by atoms with Crippen molar-refractivity contribution in [3.63, 3.8) is 0 Å². The van der Waals surface area contributed by atoms with Gasteiger partial charge in [-0.15, -0.1) is 11.8 Å². The number of thioether (sulfide) groups is 1. The van der Waals surface area contributed by atoms with Crippen LogP contribution in [0.2, 0.25) is 0 Å². The third-order valence-electron chi connectivity index (χ3n) is 2.35. The summed E-state index contributed by atoms with van der Waals surface area (Å²) in [4.78, 5) is 3.87. The van der Waals surface area contributed by atoms with Gasteiger partial charge in [0.15, 0.2) is 0 Å². The number of hydrogen-bond acceptors (Lipinski definition) is 2. The van der Waals surface area contributed by atoms with E-state index in [9.17, 15) is 0 Å². The second kappa shape index (κ2) is 4.16. The molecule has 1 heterocycles. The van der Waals surface area contributed by atoms with Crippen molar-refractivity contribution in [1.29, 1.82) is 0 Å². The molecule has 0 saturated heterocycles. The molecule has 0 fully saturated rings. The van der Waals surface area contributed by atoms with Crippen molar-refractivity contribution >= 4 is 11.8 Å². The first-order chi connectivity index (χ1) is 6.36. The molecule has 0 bridgehead atoms. The van der Waals surface area contributed by atoms with Gasteiger partial charge in [-0.05, 0) is 37.4 Å². The maximum absolute atomic E-state index is 2.40. The van der Waals surface area contributed by atoms with Crippen molar-refractivity contribution < 1.29 is 0 Å². The zero-order chi connectivity index (χ0) is 9.10. The maximum atomic E-state index is 2.40. The van der Waals surface area contributed by atoms with Crippen LogP contribution in [0.15, 0.2) is 29.2 Å². The molecule has 0 amide bonds. The van der Waals surface area contributed by atoms with Gasteiger partial charge in [-0.3, -0.25) is 0 Å². The number of benzene rings is 1. The number of fused-ring (bicyclic) bond motifs is 1. The van der Waals surface area contributed by atoms with E-state index in [2.05, 4.69) is 36.2 Å². The van der Waals surface area contributed by atoms with Crippen molar-refractivity contribution in [2.24, 2.45) is 0 Å². The topological polar surface area (TPSA) is 3.24 Å². The lowest BCUT2D eigenvalue weighted by atomic mass is 10.2. The van der Waals surface area contributed by atoms with E-state index in [1.807, 2.05) is 11.8 Å². The maximum Gasteiger partial charge on any atom is 0.0241 e. The number of hydrogen-bond donors (Lipinski definition) is 0. The van der Waals surface area contributed by atoms with Crippen LogP contribution in [0.5, 0.6) is 0 Å². The quantitative estimate of drug-likeness (QED) is 0.623. The highest BCUT2D eigenvalue weighted by Crippen LogP contribution is 2.26. The normalized spacial score (nSPS) is 18.8. The van der Waals surface area contributed by atoms with E-state index in [1.165, 1.54) is 29.2 Å². The van der Waals surface area contributed by atoms with E-state index in [0.29, 0.717) is 0 Å². The second-order valence-corrected chi connectivity index (χ2v) is 4.68. The molecule has 0 unspecified atom stereocenters. The Morgan fingerprint density at radius 1 is 1.31 bits per heavy atom. The minimum absolute atomic E-state index is 1.10. The van der Waals surface area contributed by atoms with E-state index in [1.54, 1.807) is 0 Å². The van der Waals surface area contributed by atoms with Crippen LogP contribution in [0.1, 0.15) is 12.0 Å². The molecule has 0 N–H and O–H groups in total. The van der Waals surface area contributed by atoms with Gasteiger partial charge in [0.25, 0.3) is 0 Å². The summed E-state index contributed by atoms with van der Waals surface area (Å²) in [5.41, 5.74) is 1.48. The average Bonchev–Trinajstić information content (AvgIpc) is 2.11. The molecule has 1 aliphatic heterocycles. The Morgan fingerprint density at radius 3 is 3.08 bits per heavy atom. The minimum Gasteiger partial charge on any atom is -0.302 e. The summed E-state index contributed by atoms with van der Waals surface area (Å²) in [5.74, 6) is 1.25. The fourth-order valence-corrected chi connectivity index (χ4v) is 2.65. The molecule has 0 spiro atoms. The van der Waals surface area contributed by atoms with Gasteiger partial charge in [0.2, 0.25) is 0 Å². The van der Waals surface area contributed by atoms with Crippen LogP contribution < -0.4 is 0 Å². The Morgan fingerprint density at radius 2 is 2.15 bits per heavy atom. The van der Waals surface area contributed by atoms with E-state index in [0.717, 1.165) is 6.54 Å². The first-order valence-electron chi connectivity index (χ1n) is 4.75. The first kappa shape index (κ1) is 9.10. The lowest BCUT2D eigenvalue weighted by molar-refractivity contribution is 0.324. The van der Waals surface area contributed by atoms with Crippen LogP contribution in [0.25, 0.3) is 0 Å². The molecule has 1 aromatic carbocycles. The molecular weight excluding hydrogens is 178 g/mol. The first-order valence-corrected chi connectivity index (χ1v) is 5.74. The zero-order valence-electron chi connectivity index (χ0n) is 7.99. The molecule has 0 saturated carbocycles. The van der Waals surface area contributed by atoms with Gasteiger partial charge in [-0.2, -0.15) is 0 Å². The summed E-state index contributed by atoms with van der Waals surface area (Å²) >= 11 is 2.00. The monoisotopic (exact) mass is 193 g/mol. The molecule has 1 aromatic rings. The van der Waals surface area contributed by atoms with Gasteiger partial charge >= 0.3 is 0 Å². The van der Waals surface area contributed by atoms with Gasteiger partial charge in [0, 0.05) is 11.4 Å². The summed E-state index contributed by atoms with van der Waals surface area (Å²) < 4.78 is 0. The lowest BCUT2D eigenvalue weighted by Crippen LogP contribution is -2.21. The molecular formula is C11H15NS. The van der Waals surface area contributed by atoms with Gasteiger partial charge in [0.1, 0.15) is 0 Å². The molecule has 0 aromatic heterocycles. The van der Waals surface area contributed by atoms with Gasteiger partial charge < -0.3 is 4.90 Å². The fraction of sp³-hybridized carbons (Fsp3) is 0.455. The van der Waals surface area contributed by atoms with Crippen molar-refractivity contribution in [1.82, 2.24) is 4.90 Å². The van der Waals surface area contributed by atoms with Crippen LogP contribution in [0.3, 0.4) is 0 Å².